The first-order chi connectivity index (χ1) is 15.9. The first kappa shape index (κ1) is 21.7. The highest BCUT2D eigenvalue weighted by Gasteiger charge is 2.37. The van der Waals surface area contributed by atoms with E-state index >= 15 is 0 Å². The zero-order valence-corrected chi connectivity index (χ0v) is 17.3. The van der Waals surface area contributed by atoms with Crippen LogP contribution in [0.25, 0.3) is 0 Å². The molecule has 33 heavy (non-hydrogen) atoms. The normalized spacial score (nSPS) is 12.4. The number of fused-ring (bicyclic) bond motifs is 1. The highest BCUT2D eigenvalue weighted by atomic mass is 19.1. The Morgan fingerprint density at radius 2 is 1.58 bits per heavy atom. The van der Waals surface area contributed by atoms with E-state index in [0.29, 0.717) is 11.4 Å². The van der Waals surface area contributed by atoms with Crippen LogP contribution in [0.3, 0.4) is 0 Å². The van der Waals surface area contributed by atoms with Gasteiger partial charge in [0.1, 0.15) is 11.6 Å². The summed E-state index contributed by atoms with van der Waals surface area (Å²) < 4.78 is 23.2. The van der Waals surface area contributed by atoms with E-state index in [1.54, 1.807) is 24.3 Å². The quantitative estimate of drug-likeness (QED) is 0.458. The number of esters is 1. The molecule has 3 aromatic rings. The zero-order valence-electron chi connectivity index (χ0n) is 17.3. The fourth-order valence-electron chi connectivity index (χ4n) is 3.28. The average Bonchev–Trinajstić information content (AvgIpc) is 3.08. The van der Waals surface area contributed by atoms with Gasteiger partial charge in [-0.1, -0.05) is 0 Å². The first-order valence-electron chi connectivity index (χ1n) is 9.77. The minimum absolute atomic E-state index is 0.00750. The van der Waals surface area contributed by atoms with Gasteiger partial charge in [0.15, 0.2) is 6.61 Å². The van der Waals surface area contributed by atoms with Crippen LogP contribution < -0.4 is 15.0 Å². The molecule has 0 fully saturated rings. The van der Waals surface area contributed by atoms with Gasteiger partial charge < -0.3 is 14.8 Å². The van der Waals surface area contributed by atoms with Gasteiger partial charge in [-0.2, -0.15) is 0 Å². The maximum Gasteiger partial charge on any atom is 0.338 e. The number of carbonyl (C=O) groups excluding carboxylic acids is 4. The third kappa shape index (κ3) is 4.42. The van der Waals surface area contributed by atoms with E-state index in [-0.39, 0.29) is 22.4 Å². The van der Waals surface area contributed by atoms with Crippen molar-refractivity contribution in [1.29, 1.82) is 0 Å². The van der Waals surface area contributed by atoms with Crippen molar-refractivity contribution >= 4 is 35.1 Å². The van der Waals surface area contributed by atoms with Crippen molar-refractivity contribution in [2.24, 2.45) is 0 Å². The van der Waals surface area contributed by atoms with Gasteiger partial charge in [0.2, 0.25) is 0 Å². The predicted octanol–water partition coefficient (Wildman–Crippen LogP) is 3.43. The molecule has 3 amide bonds. The van der Waals surface area contributed by atoms with Crippen LogP contribution in [0, 0.1) is 5.82 Å². The monoisotopic (exact) mass is 448 g/mol. The van der Waals surface area contributed by atoms with Crippen LogP contribution in [0.2, 0.25) is 0 Å². The SMILES string of the molecule is COc1ccc(NC(=O)COC(=O)c2ccc3c(c2)C(=O)N(c2ccc(F)cc2)C3=O)cc1. The topological polar surface area (TPSA) is 102 Å². The summed E-state index contributed by atoms with van der Waals surface area (Å²) in [7, 11) is 1.52. The summed E-state index contributed by atoms with van der Waals surface area (Å²) in [5, 5.41) is 2.58. The molecule has 0 atom stereocenters. The third-order valence-electron chi connectivity index (χ3n) is 4.92. The van der Waals surface area contributed by atoms with Gasteiger partial charge in [-0.3, -0.25) is 14.4 Å². The Bertz CT molecular complexity index is 1250. The number of ether oxygens (including phenoxy) is 2. The Morgan fingerprint density at radius 3 is 2.24 bits per heavy atom. The summed E-state index contributed by atoms with van der Waals surface area (Å²) in [6.07, 6.45) is 0. The first-order valence-corrected chi connectivity index (χ1v) is 9.77. The number of rotatable bonds is 6. The molecule has 1 aliphatic heterocycles. The lowest BCUT2D eigenvalue weighted by Gasteiger charge is -2.13. The summed E-state index contributed by atoms with van der Waals surface area (Å²) in [5.41, 5.74) is 0.842. The van der Waals surface area contributed by atoms with E-state index in [9.17, 15) is 23.6 Å². The third-order valence-corrected chi connectivity index (χ3v) is 4.92. The number of benzene rings is 3. The minimum Gasteiger partial charge on any atom is -0.497 e. The Balaban J connectivity index is 1.42. The van der Waals surface area contributed by atoms with Gasteiger partial charge in [0.05, 0.1) is 29.5 Å². The molecule has 0 radical (unpaired) electrons. The number of nitrogens with zero attached hydrogens (tertiary/aromatic N) is 1. The van der Waals surface area contributed by atoms with E-state index in [0.717, 1.165) is 17.0 Å². The van der Waals surface area contributed by atoms with Crippen LogP contribution in [0.15, 0.2) is 66.7 Å². The van der Waals surface area contributed by atoms with Crippen molar-refractivity contribution in [1.82, 2.24) is 0 Å². The number of carbonyl (C=O) groups is 4. The molecule has 0 unspecified atom stereocenters. The molecule has 8 nitrogen and oxygen atoms in total. The number of hydrogen-bond donors (Lipinski definition) is 1. The lowest BCUT2D eigenvalue weighted by atomic mass is 10.1. The molecule has 0 bridgehead atoms. The van der Waals surface area contributed by atoms with Crippen LogP contribution in [-0.2, 0) is 9.53 Å². The molecule has 0 spiro atoms. The average molecular weight is 448 g/mol. The Kier molecular flexibility index (Phi) is 5.86. The van der Waals surface area contributed by atoms with Crippen LogP contribution >= 0.6 is 0 Å². The van der Waals surface area contributed by atoms with Crippen LogP contribution in [0.5, 0.6) is 5.75 Å². The number of imide groups is 1. The smallest absolute Gasteiger partial charge is 0.338 e. The maximum absolute atomic E-state index is 13.2. The highest BCUT2D eigenvalue weighted by molar-refractivity contribution is 6.34. The number of nitrogens with one attached hydrogen (secondary N) is 1. The molecule has 166 valence electrons. The molecule has 0 saturated heterocycles. The number of halogens is 1. The lowest BCUT2D eigenvalue weighted by molar-refractivity contribution is -0.119. The van der Waals surface area contributed by atoms with Gasteiger partial charge in [-0.05, 0) is 66.7 Å². The summed E-state index contributed by atoms with van der Waals surface area (Å²) in [6.45, 7) is -0.545. The summed E-state index contributed by atoms with van der Waals surface area (Å²) >= 11 is 0. The molecule has 0 saturated carbocycles. The Hall–Kier alpha value is -4.53. The molecule has 1 N–H and O–H groups in total. The predicted molar refractivity (Wildman–Crippen MR) is 116 cm³/mol. The minimum atomic E-state index is -0.830. The molecule has 4 rings (SSSR count). The van der Waals surface area contributed by atoms with Crippen molar-refractivity contribution in [3.8, 4) is 5.75 Å². The van der Waals surface area contributed by atoms with Gasteiger partial charge >= 0.3 is 5.97 Å². The molecular formula is C24H17FN2O6. The second kappa shape index (κ2) is 8.91. The molecule has 1 aliphatic rings. The fourth-order valence-corrected chi connectivity index (χ4v) is 3.28. The molecule has 0 aromatic heterocycles. The van der Waals surface area contributed by atoms with Gasteiger partial charge in [0.25, 0.3) is 17.7 Å². The van der Waals surface area contributed by atoms with E-state index in [1.165, 1.54) is 37.4 Å². The van der Waals surface area contributed by atoms with Crippen LogP contribution in [0.4, 0.5) is 15.8 Å². The van der Waals surface area contributed by atoms with Gasteiger partial charge in [-0.25, -0.2) is 14.1 Å². The summed E-state index contributed by atoms with van der Waals surface area (Å²) in [4.78, 5) is 50.8. The van der Waals surface area contributed by atoms with Crippen molar-refractivity contribution < 1.29 is 33.0 Å². The van der Waals surface area contributed by atoms with Crippen LogP contribution in [0.1, 0.15) is 31.1 Å². The molecule has 0 aliphatic carbocycles. The number of anilines is 2. The van der Waals surface area contributed by atoms with Crippen molar-refractivity contribution in [2.45, 2.75) is 0 Å². The molecule has 9 heteroatoms. The van der Waals surface area contributed by atoms with E-state index in [2.05, 4.69) is 5.32 Å². The standard InChI is InChI=1S/C24H17FN2O6/c1-32-18-9-5-16(6-10-18)26-21(28)13-33-24(31)14-2-11-19-20(12-14)23(30)27(22(19)29)17-7-3-15(25)4-8-17/h2-12H,13H2,1H3,(H,26,28). The Morgan fingerprint density at radius 1 is 0.909 bits per heavy atom. The fraction of sp³-hybridized carbons (Fsp3) is 0.0833. The molecule has 3 aromatic carbocycles. The number of hydrogen-bond acceptors (Lipinski definition) is 6. The summed E-state index contributed by atoms with van der Waals surface area (Å²) in [6, 6.07) is 15.4. The number of amides is 3. The van der Waals surface area contributed by atoms with E-state index < -0.39 is 36.1 Å². The molecule has 1 heterocycles. The molecular weight excluding hydrogens is 431 g/mol. The van der Waals surface area contributed by atoms with Crippen LogP contribution in [-0.4, -0.2) is 37.4 Å². The maximum atomic E-state index is 13.2. The Labute approximate surface area is 187 Å². The zero-order chi connectivity index (χ0) is 23.5. The van der Waals surface area contributed by atoms with Crippen molar-refractivity contribution in [3.05, 3.63) is 89.2 Å². The number of methoxy groups -OCH3 is 1. The second-order valence-corrected chi connectivity index (χ2v) is 7.04. The van der Waals surface area contributed by atoms with Gasteiger partial charge in [0, 0.05) is 5.69 Å². The van der Waals surface area contributed by atoms with Crippen molar-refractivity contribution in [3.63, 3.8) is 0 Å². The van der Waals surface area contributed by atoms with Crippen molar-refractivity contribution in [2.75, 3.05) is 23.9 Å². The van der Waals surface area contributed by atoms with Gasteiger partial charge in [-0.15, -0.1) is 0 Å². The largest absolute Gasteiger partial charge is 0.497 e. The second-order valence-electron chi connectivity index (χ2n) is 7.04. The van der Waals surface area contributed by atoms with E-state index in [4.69, 9.17) is 9.47 Å². The van der Waals surface area contributed by atoms with E-state index in [1.807, 2.05) is 0 Å². The summed E-state index contributed by atoms with van der Waals surface area (Å²) in [5.74, 6) is -2.49. The highest BCUT2D eigenvalue weighted by Crippen LogP contribution is 2.29. The lowest BCUT2D eigenvalue weighted by Crippen LogP contribution is -2.29.